The highest BCUT2D eigenvalue weighted by Crippen LogP contribution is 2.42. The number of aromatic nitrogens is 2. The van der Waals surface area contributed by atoms with Crippen molar-refractivity contribution in [2.24, 2.45) is 0 Å². The van der Waals surface area contributed by atoms with Crippen LogP contribution in [0.3, 0.4) is 0 Å². The molecule has 0 fully saturated rings. The van der Waals surface area contributed by atoms with Crippen LogP contribution in [0, 0.1) is 13.8 Å². The van der Waals surface area contributed by atoms with Crippen LogP contribution in [-0.4, -0.2) is 76.5 Å². The van der Waals surface area contributed by atoms with Gasteiger partial charge in [-0.3, -0.25) is 4.90 Å². The van der Waals surface area contributed by atoms with Gasteiger partial charge in [-0.15, -0.1) is 0 Å². The predicted molar refractivity (Wildman–Crippen MR) is 179 cm³/mol. The summed E-state index contributed by atoms with van der Waals surface area (Å²) in [5.74, 6) is 2.98. The van der Waals surface area contributed by atoms with Gasteiger partial charge >= 0.3 is 6.03 Å². The number of hydrogen-bond acceptors (Lipinski definition) is 8. The number of carbonyl (C=O) groups excluding carboxylic acids is 1. The van der Waals surface area contributed by atoms with E-state index < -0.39 is 0 Å². The van der Waals surface area contributed by atoms with E-state index in [0.29, 0.717) is 41.8 Å². The molecular formula is C35H42N6O4. The molecule has 2 heterocycles. The van der Waals surface area contributed by atoms with E-state index in [1.54, 1.807) is 37.2 Å². The van der Waals surface area contributed by atoms with Gasteiger partial charge in [0.25, 0.3) is 0 Å². The van der Waals surface area contributed by atoms with Gasteiger partial charge in [0.15, 0.2) is 0 Å². The summed E-state index contributed by atoms with van der Waals surface area (Å²) in [6, 6.07) is 17.4. The first-order valence-corrected chi connectivity index (χ1v) is 14.9. The first-order chi connectivity index (χ1) is 21.6. The molecule has 5 rings (SSSR count). The quantitative estimate of drug-likeness (QED) is 0.205. The summed E-state index contributed by atoms with van der Waals surface area (Å²) in [6.45, 7) is 6.20. The minimum atomic E-state index is -0.226. The number of carbonyl (C=O) groups is 1. The van der Waals surface area contributed by atoms with E-state index in [1.165, 1.54) is 0 Å². The van der Waals surface area contributed by atoms with Gasteiger partial charge in [-0.1, -0.05) is 24.3 Å². The summed E-state index contributed by atoms with van der Waals surface area (Å²) >= 11 is 0. The molecule has 2 amide bonds. The number of benzene rings is 3. The maximum Gasteiger partial charge on any atom is 0.335 e. The monoisotopic (exact) mass is 610 g/mol. The van der Waals surface area contributed by atoms with Crippen molar-refractivity contribution in [3.8, 4) is 17.2 Å². The summed E-state index contributed by atoms with van der Waals surface area (Å²) in [6.07, 6.45) is 2.25. The molecule has 1 aliphatic rings. The Balaban J connectivity index is 1.56. The van der Waals surface area contributed by atoms with Crippen LogP contribution in [0.15, 0.2) is 60.8 Å². The van der Waals surface area contributed by atoms with Crippen LogP contribution in [-0.2, 0) is 13.0 Å². The van der Waals surface area contributed by atoms with Crippen LogP contribution < -0.4 is 28.9 Å². The number of methoxy groups -OCH3 is 3. The Morgan fingerprint density at radius 2 is 1.60 bits per heavy atom. The van der Waals surface area contributed by atoms with Crippen LogP contribution >= 0.6 is 0 Å². The Morgan fingerprint density at radius 1 is 0.867 bits per heavy atom. The van der Waals surface area contributed by atoms with Crippen molar-refractivity contribution in [3.05, 3.63) is 88.9 Å². The third-order valence-electron chi connectivity index (χ3n) is 8.13. The number of rotatable bonds is 11. The lowest BCUT2D eigenvalue weighted by molar-refractivity contribution is 0.252. The Labute approximate surface area is 265 Å². The molecule has 0 saturated carbocycles. The minimum Gasteiger partial charge on any atom is -0.497 e. The molecule has 10 heteroatoms. The highest BCUT2D eigenvalue weighted by Gasteiger charge is 2.37. The first kappa shape index (κ1) is 31.6. The maximum absolute atomic E-state index is 14.5. The van der Waals surface area contributed by atoms with Crippen molar-refractivity contribution in [3.63, 3.8) is 0 Å². The summed E-state index contributed by atoms with van der Waals surface area (Å²) in [7, 11) is 11.1. The number of fused-ring (bicyclic) bond motifs is 1. The van der Waals surface area contributed by atoms with Gasteiger partial charge in [-0.05, 0) is 57.3 Å². The van der Waals surface area contributed by atoms with E-state index in [-0.39, 0.29) is 6.03 Å². The highest BCUT2D eigenvalue weighted by atomic mass is 16.5. The second-order valence-corrected chi connectivity index (χ2v) is 11.5. The zero-order valence-corrected chi connectivity index (χ0v) is 27.4. The van der Waals surface area contributed by atoms with Gasteiger partial charge in [0.2, 0.25) is 0 Å². The molecule has 236 valence electrons. The van der Waals surface area contributed by atoms with Crippen LogP contribution in [0.5, 0.6) is 17.2 Å². The smallest absolute Gasteiger partial charge is 0.335 e. The summed E-state index contributed by atoms with van der Waals surface area (Å²) in [5.41, 5.74) is 6.29. The molecule has 0 N–H and O–H groups in total. The Morgan fingerprint density at radius 3 is 2.27 bits per heavy atom. The van der Waals surface area contributed by atoms with Crippen LogP contribution in [0.2, 0.25) is 0 Å². The van der Waals surface area contributed by atoms with Crippen molar-refractivity contribution in [1.29, 1.82) is 0 Å². The van der Waals surface area contributed by atoms with E-state index in [1.807, 2.05) is 56.4 Å². The fourth-order valence-corrected chi connectivity index (χ4v) is 5.63. The molecule has 10 nitrogen and oxygen atoms in total. The standard InChI is InChI=1S/C35H42N6O4/c1-23-10-9-11-24(2)33(23)40-22-26-21-36-32(18-25-12-13-27(19-30(25)44-7)39(5)17-16-38(3)4)37-34(26)41(35(40)42)29-15-14-28(43-6)20-31(29)45-8/h9-15,19-21H,16-18,22H2,1-8H3. The number of para-hydroxylation sites is 1. The summed E-state index contributed by atoms with van der Waals surface area (Å²) in [4.78, 5) is 32.0. The second-order valence-electron chi connectivity index (χ2n) is 11.5. The van der Waals surface area contributed by atoms with E-state index >= 15 is 0 Å². The van der Waals surface area contributed by atoms with E-state index in [2.05, 4.69) is 43.1 Å². The highest BCUT2D eigenvalue weighted by molar-refractivity contribution is 6.11. The molecule has 4 aromatic rings. The van der Waals surface area contributed by atoms with Crippen LogP contribution in [0.25, 0.3) is 0 Å². The Hall–Kier alpha value is -4.83. The number of nitrogens with zero attached hydrogens (tertiary/aromatic N) is 6. The molecule has 3 aromatic carbocycles. The lowest BCUT2D eigenvalue weighted by Gasteiger charge is -2.37. The number of hydrogen-bond donors (Lipinski definition) is 0. The third kappa shape index (κ3) is 6.51. The summed E-state index contributed by atoms with van der Waals surface area (Å²) < 4.78 is 17.0. The number of aryl methyl sites for hydroxylation is 2. The zero-order chi connectivity index (χ0) is 32.2. The predicted octanol–water partition coefficient (Wildman–Crippen LogP) is 5.99. The number of likely N-dealkylation sites (N-methyl/N-ethyl adjacent to an activating group) is 2. The van der Waals surface area contributed by atoms with Crippen molar-refractivity contribution < 1.29 is 19.0 Å². The molecule has 1 aliphatic heterocycles. The van der Waals surface area contributed by atoms with Crippen molar-refractivity contribution in [1.82, 2.24) is 14.9 Å². The molecule has 1 aromatic heterocycles. The number of urea groups is 1. The number of amides is 2. The zero-order valence-electron chi connectivity index (χ0n) is 27.4. The lowest BCUT2D eigenvalue weighted by atomic mass is 10.1. The van der Waals surface area contributed by atoms with E-state index in [9.17, 15) is 4.79 Å². The second kappa shape index (κ2) is 13.4. The van der Waals surface area contributed by atoms with Gasteiger partial charge in [0, 0.05) is 61.7 Å². The average molecular weight is 611 g/mol. The van der Waals surface area contributed by atoms with E-state index in [4.69, 9.17) is 24.2 Å². The molecule has 0 saturated heterocycles. The molecular weight excluding hydrogens is 568 g/mol. The fourth-order valence-electron chi connectivity index (χ4n) is 5.63. The molecule has 0 bridgehead atoms. The minimum absolute atomic E-state index is 0.226. The van der Waals surface area contributed by atoms with Crippen molar-refractivity contribution >= 4 is 28.9 Å². The normalized spacial score (nSPS) is 12.8. The summed E-state index contributed by atoms with van der Waals surface area (Å²) in [5, 5.41) is 0. The number of ether oxygens (including phenoxy) is 3. The van der Waals surface area contributed by atoms with Gasteiger partial charge in [-0.25, -0.2) is 19.7 Å². The molecule has 0 spiro atoms. The molecule has 0 atom stereocenters. The molecule has 0 unspecified atom stereocenters. The van der Waals surface area contributed by atoms with Crippen molar-refractivity contribution in [2.75, 3.05) is 70.3 Å². The fraction of sp³-hybridized carbons (Fsp3) is 0.343. The third-order valence-corrected chi connectivity index (χ3v) is 8.13. The van der Waals surface area contributed by atoms with E-state index in [0.717, 1.165) is 52.5 Å². The van der Waals surface area contributed by atoms with Crippen molar-refractivity contribution in [2.45, 2.75) is 26.8 Å². The van der Waals surface area contributed by atoms with Crippen LogP contribution in [0.4, 0.5) is 27.7 Å². The van der Waals surface area contributed by atoms with Gasteiger partial charge in [-0.2, -0.15) is 0 Å². The molecule has 0 aliphatic carbocycles. The molecule has 45 heavy (non-hydrogen) atoms. The topological polar surface area (TPSA) is 83.5 Å². The Bertz CT molecular complexity index is 1670. The largest absolute Gasteiger partial charge is 0.497 e. The maximum atomic E-state index is 14.5. The molecule has 0 radical (unpaired) electrons. The van der Waals surface area contributed by atoms with Gasteiger partial charge in [0.05, 0.1) is 39.2 Å². The lowest BCUT2D eigenvalue weighted by Crippen LogP contribution is -2.46. The SMILES string of the molecule is COc1ccc(N2C(=O)N(c3c(C)cccc3C)Cc3cnc(Cc4ccc(N(C)CCN(C)C)cc4OC)nc32)c(OC)c1. The Kier molecular flexibility index (Phi) is 9.43. The van der Waals surface area contributed by atoms with Gasteiger partial charge < -0.3 is 24.0 Å². The number of anilines is 4. The van der Waals surface area contributed by atoms with Crippen LogP contribution in [0.1, 0.15) is 28.1 Å². The first-order valence-electron chi connectivity index (χ1n) is 14.9. The average Bonchev–Trinajstić information content (AvgIpc) is 3.03. The van der Waals surface area contributed by atoms with Gasteiger partial charge in [0.1, 0.15) is 28.9 Å².